The van der Waals surface area contributed by atoms with Crippen LogP contribution in [0.3, 0.4) is 0 Å². The van der Waals surface area contributed by atoms with Crippen LogP contribution >= 0.6 is 0 Å². The molecule has 5 rings (SSSR count). The molecule has 0 atom stereocenters. The van der Waals surface area contributed by atoms with Gasteiger partial charge in [-0.3, -0.25) is 9.58 Å². The Labute approximate surface area is 180 Å². The monoisotopic (exact) mass is 415 g/mol. The lowest BCUT2D eigenvalue weighted by Gasteiger charge is -2.46. The van der Waals surface area contributed by atoms with E-state index in [-0.39, 0.29) is 5.54 Å². The smallest absolute Gasteiger partial charge is 0.320 e. The van der Waals surface area contributed by atoms with Gasteiger partial charge >= 0.3 is 6.03 Å². The molecule has 1 aromatic rings. The molecule has 0 aromatic carbocycles. The lowest BCUT2D eigenvalue weighted by atomic mass is 9.86. The molecule has 30 heavy (non-hydrogen) atoms. The van der Waals surface area contributed by atoms with Crippen molar-refractivity contribution in [2.75, 3.05) is 39.4 Å². The van der Waals surface area contributed by atoms with Gasteiger partial charge in [-0.1, -0.05) is 0 Å². The first-order chi connectivity index (χ1) is 14.6. The van der Waals surface area contributed by atoms with E-state index in [1.165, 1.54) is 18.4 Å². The topological polar surface area (TPSA) is 53.8 Å². The van der Waals surface area contributed by atoms with E-state index in [0.717, 1.165) is 89.8 Å². The minimum absolute atomic E-state index is 0.00983. The molecule has 1 spiro atoms. The Morgan fingerprint density at radius 3 is 2.53 bits per heavy atom. The van der Waals surface area contributed by atoms with Crippen molar-refractivity contribution in [3.63, 3.8) is 0 Å². The summed E-state index contributed by atoms with van der Waals surface area (Å²) in [5.41, 5.74) is 2.49. The lowest BCUT2D eigenvalue weighted by Crippen LogP contribution is -2.57. The highest BCUT2D eigenvalue weighted by molar-refractivity contribution is 5.78. The molecule has 7 nitrogen and oxygen atoms in total. The molecule has 1 aromatic heterocycles. The predicted octanol–water partition coefficient (Wildman–Crippen LogP) is 2.87. The number of piperidine rings is 1. The Balaban J connectivity index is 1.25. The van der Waals surface area contributed by atoms with E-state index < -0.39 is 0 Å². The average molecular weight is 416 g/mol. The highest BCUT2D eigenvalue weighted by atomic mass is 16.5. The van der Waals surface area contributed by atoms with E-state index in [2.05, 4.69) is 39.8 Å². The number of likely N-dealkylation sites (tertiary alicyclic amines) is 1. The van der Waals surface area contributed by atoms with Crippen LogP contribution in [0.1, 0.15) is 56.7 Å². The van der Waals surface area contributed by atoms with Gasteiger partial charge in [-0.15, -0.1) is 0 Å². The summed E-state index contributed by atoms with van der Waals surface area (Å²) in [7, 11) is 0. The SMILES string of the molecule is CCn1cc(CN2CCC(N3C(=O)N(CC4CC4)CC34CCOCC4)CC2)c(C)n1. The molecule has 2 amide bonds. The summed E-state index contributed by atoms with van der Waals surface area (Å²) >= 11 is 0. The van der Waals surface area contributed by atoms with Crippen LogP contribution in [0.25, 0.3) is 0 Å². The molecule has 4 heterocycles. The maximum Gasteiger partial charge on any atom is 0.320 e. The number of carbonyl (C=O) groups is 1. The van der Waals surface area contributed by atoms with Crippen molar-refractivity contribution in [1.29, 1.82) is 0 Å². The van der Waals surface area contributed by atoms with Gasteiger partial charge in [0.1, 0.15) is 0 Å². The van der Waals surface area contributed by atoms with Gasteiger partial charge in [0.25, 0.3) is 0 Å². The zero-order valence-electron chi connectivity index (χ0n) is 18.7. The van der Waals surface area contributed by atoms with Crippen molar-refractivity contribution in [1.82, 2.24) is 24.5 Å². The third-order valence-corrected chi connectivity index (χ3v) is 7.76. The number of hydrogen-bond donors (Lipinski definition) is 0. The number of aryl methyl sites for hydroxylation is 2. The summed E-state index contributed by atoms with van der Waals surface area (Å²) in [5.74, 6) is 0.750. The normalized spacial score (nSPS) is 25.6. The number of nitrogens with zero attached hydrogens (tertiary/aromatic N) is 5. The second-order valence-electron chi connectivity index (χ2n) is 9.92. The number of rotatable bonds is 6. The fraction of sp³-hybridized carbons (Fsp3) is 0.826. The zero-order valence-corrected chi connectivity index (χ0v) is 18.7. The van der Waals surface area contributed by atoms with E-state index in [9.17, 15) is 4.79 Å². The number of carbonyl (C=O) groups excluding carboxylic acids is 1. The molecule has 0 bridgehead atoms. The van der Waals surface area contributed by atoms with Crippen molar-refractivity contribution in [2.24, 2.45) is 5.92 Å². The fourth-order valence-corrected chi connectivity index (χ4v) is 5.76. The molecule has 0 radical (unpaired) electrons. The van der Waals surface area contributed by atoms with Crippen molar-refractivity contribution in [2.45, 2.75) is 77.0 Å². The van der Waals surface area contributed by atoms with Gasteiger partial charge in [-0.2, -0.15) is 5.10 Å². The molecule has 4 fully saturated rings. The van der Waals surface area contributed by atoms with Gasteiger partial charge in [0, 0.05) is 70.3 Å². The van der Waals surface area contributed by atoms with Gasteiger partial charge in [-0.05, 0) is 58.3 Å². The second-order valence-corrected chi connectivity index (χ2v) is 9.92. The Hall–Kier alpha value is -1.60. The van der Waals surface area contributed by atoms with Crippen molar-refractivity contribution in [3.05, 3.63) is 17.5 Å². The number of hydrogen-bond acceptors (Lipinski definition) is 4. The quantitative estimate of drug-likeness (QED) is 0.717. The highest BCUT2D eigenvalue weighted by Crippen LogP contribution is 2.41. The van der Waals surface area contributed by atoms with E-state index in [1.807, 2.05) is 4.68 Å². The van der Waals surface area contributed by atoms with Gasteiger partial charge in [0.05, 0.1) is 11.2 Å². The number of ether oxygens (including phenoxy) is 1. The molecule has 3 aliphatic heterocycles. The molecule has 1 aliphatic carbocycles. The largest absolute Gasteiger partial charge is 0.381 e. The molecule has 0 N–H and O–H groups in total. The average Bonchev–Trinajstić information content (AvgIpc) is 3.45. The third-order valence-electron chi connectivity index (χ3n) is 7.76. The molecule has 3 saturated heterocycles. The third kappa shape index (κ3) is 3.86. The van der Waals surface area contributed by atoms with E-state index >= 15 is 0 Å². The standard InChI is InChI=1S/C23H37N5O2/c1-3-27-16-20(18(2)24-27)15-25-10-6-21(7-11-25)28-22(29)26(14-19-4-5-19)17-23(28)8-12-30-13-9-23/h16,19,21H,3-15,17H2,1-2H3. The number of aromatic nitrogens is 2. The zero-order chi connectivity index (χ0) is 20.7. The number of urea groups is 1. The van der Waals surface area contributed by atoms with Crippen LogP contribution in [-0.2, 0) is 17.8 Å². The summed E-state index contributed by atoms with van der Waals surface area (Å²) in [5, 5.41) is 4.60. The predicted molar refractivity (Wildman–Crippen MR) is 115 cm³/mol. The van der Waals surface area contributed by atoms with Crippen molar-refractivity contribution < 1.29 is 9.53 Å². The second kappa shape index (κ2) is 8.15. The van der Waals surface area contributed by atoms with Gasteiger partial charge in [-0.25, -0.2) is 4.79 Å². The Bertz CT molecular complexity index is 760. The van der Waals surface area contributed by atoms with E-state index in [0.29, 0.717) is 12.1 Å². The molecule has 1 saturated carbocycles. The Kier molecular flexibility index (Phi) is 5.52. The summed E-state index contributed by atoms with van der Waals surface area (Å²) < 4.78 is 7.72. The minimum Gasteiger partial charge on any atom is -0.381 e. The Morgan fingerprint density at radius 2 is 1.90 bits per heavy atom. The first-order valence-corrected chi connectivity index (χ1v) is 12.0. The Morgan fingerprint density at radius 1 is 1.17 bits per heavy atom. The van der Waals surface area contributed by atoms with Gasteiger partial charge in [0.15, 0.2) is 0 Å². The summed E-state index contributed by atoms with van der Waals surface area (Å²) in [6.45, 7) is 11.7. The van der Waals surface area contributed by atoms with Gasteiger partial charge in [0.2, 0.25) is 0 Å². The number of amides is 2. The molecular formula is C23H37N5O2. The van der Waals surface area contributed by atoms with Gasteiger partial charge < -0.3 is 14.5 Å². The summed E-state index contributed by atoms with van der Waals surface area (Å²) in [4.78, 5) is 20.5. The van der Waals surface area contributed by atoms with Crippen LogP contribution in [-0.4, -0.2) is 81.5 Å². The lowest BCUT2D eigenvalue weighted by molar-refractivity contribution is -0.0167. The highest BCUT2D eigenvalue weighted by Gasteiger charge is 2.53. The maximum absolute atomic E-state index is 13.5. The first kappa shape index (κ1) is 20.3. The van der Waals surface area contributed by atoms with Crippen LogP contribution in [0.4, 0.5) is 4.79 Å². The van der Waals surface area contributed by atoms with Crippen LogP contribution in [0.15, 0.2) is 6.20 Å². The molecule has 7 heteroatoms. The van der Waals surface area contributed by atoms with Crippen LogP contribution in [0.5, 0.6) is 0 Å². The fourth-order valence-electron chi connectivity index (χ4n) is 5.76. The maximum atomic E-state index is 13.5. The van der Waals surface area contributed by atoms with Crippen molar-refractivity contribution >= 4 is 6.03 Å². The summed E-state index contributed by atoms with van der Waals surface area (Å²) in [6.07, 6.45) is 8.93. The van der Waals surface area contributed by atoms with E-state index in [1.54, 1.807) is 0 Å². The molecule has 4 aliphatic rings. The van der Waals surface area contributed by atoms with Crippen molar-refractivity contribution in [3.8, 4) is 0 Å². The minimum atomic E-state index is 0.00983. The first-order valence-electron chi connectivity index (χ1n) is 12.0. The molecule has 0 unspecified atom stereocenters. The van der Waals surface area contributed by atoms with E-state index in [4.69, 9.17) is 4.74 Å². The summed E-state index contributed by atoms with van der Waals surface area (Å²) in [6, 6.07) is 0.679. The molecular weight excluding hydrogens is 378 g/mol. The van der Waals surface area contributed by atoms with Crippen LogP contribution < -0.4 is 0 Å². The van der Waals surface area contributed by atoms with Crippen LogP contribution in [0, 0.1) is 12.8 Å². The molecule has 166 valence electrons. The van der Waals surface area contributed by atoms with Crippen LogP contribution in [0.2, 0.25) is 0 Å².